The maximum Gasteiger partial charge on any atom is 0.103 e. The molecule has 0 fully saturated rings. The highest BCUT2D eigenvalue weighted by molar-refractivity contribution is 5.51. The SMILES string of the molecule is N#CC1=CC(N)(N)C=CC1c1ccccc1C#N. The van der Waals surface area contributed by atoms with Crippen molar-refractivity contribution in [1.82, 2.24) is 0 Å². The van der Waals surface area contributed by atoms with Gasteiger partial charge in [-0.15, -0.1) is 0 Å². The summed E-state index contributed by atoms with van der Waals surface area (Å²) in [4.78, 5) is 0. The minimum absolute atomic E-state index is 0.258. The Bertz CT molecular complexity index is 611. The lowest BCUT2D eigenvalue weighted by Gasteiger charge is -2.25. The van der Waals surface area contributed by atoms with Gasteiger partial charge >= 0.3 is 0 Å². The molecule has 4 nitrogen and oxygen atoms in total. The fourth-order valence-corrected chi connectivity index (χ4v) is 2.02. The lowest BCUT2D eigenvalue weighted by molar-refractivity contribution is 0.668. The summed E-state index contributed by atoms with van der Waals surface area (Å²) in [6.07, 6.45) is 4.95. The summed E-state index contributed by atoms with van der Waals surface area (Å²) in [6.45, 7) is 0. The highest BCUT2D eigenvalue weighted by Crippen LogP contribution is 2.32. The first-order valence-electron chi connectivity index (χ1n) is 5.46. The van der Waals surface area contributed by atoms with Gasteiger partial charge in [0.15, 0.2) is 0 Å². The van der Waals surface area contributed by atoms with Crippen molar-refractivity contribution in [2.24, 2.45) is 11.5 Å². The number of nitrogens with two attached hydrogens (primary N) is 2. The third-order valence-corrected chi connectivity index (χ3v) is 2.86. The molecule has 0 aliphatic heterocycles. The molecule has 0 saturated heterocycles. The van der Waals surface area contributed by atoms with E-state index in [1.54, 1.807) is 24.3 Å². The predicted molar refractivity (Wildman–Crippen MR) is 67.8 cm³/mol. The van der Waals surface area contributed by atoms with E-state index in [-0.39, 0.29) is 5.92 Å². The average Bonchev–Trinajstić information content (AvgIpc) is 2.37. The number of nitrogens with zero attached hydrogens (tertiary/aromatic N) is 2. The molecule has 1 aliphatic rings. The van der Waals surface area contributed by atoms with Crippen LogP contribution in [0.15, 0.2) is 48.1 Å². The van der Waals surface area contributed by atoms with Crippen molar-refractivity contribution in [1.29, 1.82) is 10.5 Å². The van der Waals surface area contributed by atoms with E-state index in [9.17, 15) is 5.26 Å². The van der Waals surface area contributed by atoms with E-state index in [2.05, 4.69) is 12.1 Å². The van der Waals surface area contributed by atoms with E-state index in [0.29, 0.717) is 11.1 Å². The summed E-state index contributed by atoms with van der Waals surface area (Å²) in [6, 6.07) is 11.4. The van der Waals surface area contributed by atoms with Crippen LogP contribution in [0.3, 0.4) is 0 Å². The zero-order valence-corrected chi connectivity index (χ0v) is 9.67. The van der Waals surface area contributed by atoms with Crippen molar-refractivity contribution in [3.63, 3.8) is 0 Å². The second kappa shape index (κ2) is 4.46. The average molecular weight is 236 g/mol. The van der Waals surface area contributed by atoms with Crippen LogP contribution in [0, 0.1) is 22.7 Å². The summed E-state index contributed by atoms with van der Waals surface area (Å²) in [5, 5.41) is 18.3. The van der Waals surface area contributed by atoms with Crippen molar-refractivity contribution in [2.75, 3.05) is 0 Å². The van der Waals surface area contributed by atoms with Gasteiger partial charge in [0.25, 0.3) is 0 Å². The molecule has 4 heteroatoms. The summed E-state index contributed by atoms with van der Waals surface area (Å²) < 4.78 is 0. The van der Waals surface area contributed by atoms with Crippen LogP contribution >= 0.6 is 0 Å². The minimum Gasteiger partial charge on any atom is -0.307 e. The molecule has 88 valence electrons. The maximum atomic E-state index is 9.17. The number of hydrogen-bond acceptors (Lipinski definition) is 4. The Hall–Kier alpha value is -2.40. The Morgan fingerprint density at radius 1 is 1.11 bits per heavy atom. The summed E-state index contributed by atoms with van der Waals surface area (Å²) >= 11 is 0. The lowest BCUT2D eigenvalue weighted by atomic mass is 9.83. The van der Waals surface area contributed by atoms with Crippen molar-refractivity contribution >= 4 is 0 Å². The molecule has 1 unspecified atom stereocenters. The van der Waals surface area contributed by atoms with E-state index >= 15 is 0 Å². The van der Waals surface area contributed by atoms with Gasteiger partial charge in [0.2, 0.25) is 0 Å². The van der Waals surface area contributed by atoms with Gasteiger partial charge in [-0.25, -0.2) is 0 Å². The van der Waals surface area contributed by atoms with Gasteiger partial charge in [-0.1, -0.05) is 24.3 Å². The van der Waals surface area contributed by atoms with Crippen molar-refractivity contribution in [3.05, 3.63) is 59.2 Å². The molecule has 0 heterocycles. The van der Waals surface area contributed by atoms with Gasteiger partial charge < -0.3 is 11.5 Å². The second-order valence-electron chi connectivity index (χ2n) is 4.25. The van der Waals surface area contributed by atoms with Gasteiger partial charge in [-0.2, -0.15) is 10.5 Å². The van der Waals surface area contributed by atoms with Crippen LogP contribution in [0.2, 0.25) is 0 Å². The van der Waals surface area contributed by atoms with Crippen molar-refractivity contribution in [3.8, 4) is 12.1 Å². The first-order valence-corrected chi connectivity index (χ1v) is 5.46. The molecule has 0 radical (unpaired) electrons. The number of allylic oxidation sites excluding steroid dienone is 2. The van der Waals surface area contributed by atoms with Gasteiger partial charge in [-0.3, -0.25) is 0 Å². The molecule has 1 aromatic rings. The zero-order valence-electron chi connectivity index (χ0n) is 9.67. The molecule has 1 aliphatic carbocycles. The van der Waals surface area contributed by atoms with E-state index < -0.39 is 5.66 Å². The fourth-order valence-electron chi connectivity index (χ4n) is 2.02. The van der Waals surface area contributed by atoms with E-state index in [0.717, 1.165) is 5.56 Å². The Kier molecular flexibility index (Phi) is 2.99. The minimum atomic E-state index is -1.09. The molecule has 1 aromatic carbocycles. The van der Waals surface area contributed by atoms with Crippen LogP contribution in [-0.2, 0) is 0 Å². The monoisotopic (exact) mass is 236 g/mol. The van der Waals surface area contributed by atoms with Crippen molar-refractivity contribution < 1.29 is 0 Å². The van der Waals surface area contributed by atoms with Gasteiger partial charge in [-0.05, 0) is 23.8 Å². The smallest absolute Gasteiger partial charge is 0.103 e. The topological polar surface area (TPSA) is 99.6 Å². The lowest BCUT2D eigenvalue weighted by Crippen LogP contribution is -2.47. The quantitative estimate of drug-likeness (QED) is 0.566. The van der Waals surface area contributed by atoms with Gasteiger partial charge in [0, 0.05) is 11.5 Å². The summed E-state index contributed by atoms with van der Waals surface area (Å²) in [7, 11) is 0. The number of hydrogen-bond donors (Lipinski definition) is 2. The molecule has 0 amide bonds. The fraction of sp³-hybridized carbons (Fsp3) is 0.143. The van der Waals surface area contributed by atoms with Crippen LogP contribution < -0.4 is 11.5 Å². The van der Waals surface area contributed by atoms with Gasteiger partial charge in [0.05, 0.1) is 17.7 Å². The third kappa shape index (κ3) is 2.16. The van der Waals surface area contributed by atoms with Crippen LogP contribution in [0.1, 0.15) is 17.0 Å². The molecule has 2 rings (SSSR count). The Morgan fingerprint density at radius 3 is 2.50 bits per heavy atom. The highest BCUT2D eigenvalue weighted by Gasteiger charge is 2.25. The highest BCUT2D eigenvalue weighted by atomic mass is 14.9. The van der Waals surface area contributed by atoms with Crippen LogP contribution in [0.5, 0.6) is 0 Å². The van der Waals surface area contributed by atoms with E-state index in [4.69, 9.17) is 16.7 Å². The number of benzene rings is 1. The first kappa shape index (κ1) is 12.1. The standard InChI is InChI=1S/C14H12N4/c15-8-10-3-1-2-4-12(10)13-5-6-14(17,18)7-11(13)9-16/h1-7,13H,17-18H2. The Labute approximate surface area is 105 Å². The summed E-state index contributed by atoms with van der Waals surface area (Å²) in [5.41, 5.74) is 12.2. The molecule has 0 bridgehead atoms. The second-order valence-corrected chi connectivity index (χ2v) is 4.25. The molecule has 1 atom stereocenters. The maximum absolute atomic E-state index is 9.17. The van der Waals surface area contributed by atoms with Gasteiger partial charge in [0.1, 0.15) is 5.66 Å². The predicted octanol–water partition coefficient (Wildman–Crippen LogP) is 1.28. The number of rotatable bonds is 1. The summed E-state index contributed by atoms with van der Waals surface area (Å²) in [5.74, 6) is -0.258. The Morgan fingerprint density at radius 2 is 1.83 bits per heavy atom. The molecule has 0 aromatic heterocycles. The van der Waals surface area contributed by atoms with Crippen LogP contribution in [-0.4, -0.2) is 5.66 Å². The molecular weight excluding hydrogens is 224 g/mol. The molecular formula is C14H12N4. The molecule has 0 saturated carbocycles. The first-order chi connectivity index (χ1) is 8.57. The van der Waals surface area contributed by atoms with Crippen LogP contribution in [0.25, 0.3) is 0 Å². The van der Waals surface area contributed by atoms with E-state index in [1.165, 1.54) is 6.08 Å². The molecule has 18 heavy (non-hydrogen) atoms. The molecule has 4 N–H and O–H groups in total. The van der Waals surface area contributed by atoms with E-state index in [1.807, 2.05) is 12.1 Å². The molecule has 0 spiro atoms. The normalized spacial score (nSPS) is 20.7. The zero-order chi connectivity index (χ0) is 13.2. The van der Waals surface area contributed by atoms with Crippen molar-refractivity contribution in [2.45, 2.75) is 11.6 Å². The van der Waals surface area contributed by atoms with Crippen LogP contribution in [0.4, 0.5) is 0 Å². The Balaban J connectivity index is 2.51. The number of nitriles is 2. The largest absolute Gasteiger partial charge is 0.307 e. The third-order valence-electron chi connectivity index (χ3n) is 2.86.